The highest BCUT2D eigenvalue weighted by atomic mass is 79.9. The Labute approximate surface area is 148 Å². The lowest BCUT2D eigenvalue weighted by Crippen LogP contribution is -1.94. The third kappa shape index (κ3) is 2.28. The molecule has 2 nitrogen and oxygen atoms in total. The molecule has 1 heterocycles. The third-order valence-corrected chi connectivity index (χ3v) is 4.72. The molecule has 0 unspecified atom stereocenters. The van der Waals surface area contributed by atoms with Gasteiger partial charge in [0.05, 0.1) is 18.1 Å². The summed E-state index contributed by atoms with van der Waals surface area (Å²) in [5.41, 5.74) is 4.25. The van der Waals surface area contributed by atoms with Crippen molar-refractivity contribution in [1.29, 1.82) is 0 Å². The van der Waals surface area contributed by atoms with Crippen LogP contribution in [0.3, 0.4) is 0 Å². The highest BCUT2D eigenvalue weighted by molar-refractivity contribution is 9.10. The molecular formula is C21H14BrNO. The Morgan fingerprint density at radius 2 is 1.58 bits per heavy atom. The first-order chi connectivity index (χ1) is 11.7. The van der Waals surface area contributed by atoms with Crippen molar-refractivity contribution in [3.05, 3.63) is 70.7 Å². The Kier molecular flexibility index (Phi) is 3.55. The maximum absolute atomic E-state index is 5.58. The van der Waals surface area contributed by atoms with Crippen molar-refractivity contribution >= 4 is 37.7 Å². The number of nitrogens with zero attached hydrogens (tertiary/aromatic N) is 1. The monoisotopic (exact) mass is 375 g/mol. The van der Waals surface area contributed by atoms with E-state index in [1.54, 1.807) is 7.11 Å². The maximum atomic E-state index is 5.58. The van der Waals surface area contributed by atoms with Crippen LogP contribution in [0, 0.1) is 12.3 Å². The van der Waals surface area contributed by atoms with E-state index in [1.807, 2.05) is 18.2 Å². The van der Waals surface area contributed by atoms with Crippen molar-refractivity contribution in [3.63, 3.8) is 0 Å². The van der Waals surface area contributed by atoms with E-state index in [4.69, 9.17) is 11.2 Å². The summed E-state index contributed by atoms with van der Waals surface area (Å²) in [5, 5.41) is 2.32. The van der Waals surface area contributed by atoms with E-state index in [1.165, 1.54) is 5.39 Å². The molecule has 4 rings (SSSR count). The van der Waals surface area contributed by atoms with Gasteiger partial charge in [0.1, 0.15) is 5.75 Å². The second-order valence-corrected chi connectivity index (χ2v) is 6.49. The number of terminal acetylenes is 1. The molecule has 0 fully saturated rings. The Morgan fingerprint density at radius 1 is 0.917 bits per heavy atom. The van der Waals surface area contributed by atoms with Crippen LogP contribution in [-0.2, 0) is 0 Å². The van der Waals surface area contributed by atoms with Crippen molar-refractivity contribution in [3.8, 4) is 23.8 Å². The first-order valence-corrected chi connectivity index (χ1v) is 8.35. The largest absolute Gasteiger partial charge is 0.497 e. The zero-order chi connectivity index (χ0) is 16.7. The van der Waals surface area contributed by atoms with E-state index in [-0.39, 0.29) is 0 Å². The minimum Gasteiger partial charge on any atom is -0.497 e. The fourth-order valence-electron chi connectivity index (χ4n) is 3.09. The molecule has 0 aliphatic heterocycles. The van der Waals surface area contributed by atoms with Gasteiger partial charge in [-0.15, -0.1) is 6.42 Å². The second-order valence-electron chi connectivity index (χ2n) is 5.57. The van der Waals surface area contributed by atoms with E-state index < -0.39 is 0 Å². The Bertz CT molecular complexity index is 1100. The maximum Gasteiger partial charge on any atom is 0.119 e. The van der Waals surface area contributed by atoms with Crippen molar-refractivity contribution in [1.82, 2.24) is 4.57 Å². The average Bonchev–Trinajstić information content (AvgIpc) is 2.94. The van der Waals surface area contributed by atoms with Crippen molar-refractivity contribution in [2.75, 3.05) is 7.11 Å². The molecule has 0 aliphatic carbocycles. The Hall–Kier alpha value is -2.70. The van der Waals surface area contributed by atoms with Gasteiger partial charge in [0.25, 0.3) is 0 Å². The molecular weight excluding hydrogens is 362 g/mol. The van der Waals surface area contributed by atoms with E-state index in [9.17, 15) is 0 Å². The lowest BCUT2D eigenvalue weighted by atomic mass is 10.1. The van der Waals surface area contributed by atoms with Crippen LogP contribution in [-0.4, -0.2) is 11.7 Å². The molecule has 0 saturated heterocycles. The summed E-state index contributed by atoms with van der Waals surface area (Å²) in [6.45, 7) is 0. The molecule has 24 heavy (non-hydrogen) atoms. The van der Waals surface area contributed by atoms with Crippen LogP contribution in [0.5, 0.6) is 5.75 Å². The van der Waals surface area contributed by atoms with Gasteiger partial charge >= 0.3 is 0 Å². The number of fused-ring (bicyclic) bond motifs is 3. The average molecular weight is 376 g/mol. The second kappa shape index (κ2) is 5.74. The molecule has 4 aromatic rings. The lowest BCUT2D eigenvalue weighted by Gasteiger charge is -2.09. The van der Waals surface area contributed by atoms with Gasteiger partial charge in [-0.2, -0.15) is 0 Å². The first kappa shape index (κ1) is 14.9. The summed E-state index contributed by atoms with van der Waals surface area (Å²) < 4.78 is 8.57. The normalized spacial score (nSPS) is 10.9. The SMILES string of the molecule is C#Cc1ccc2c(c1)c1cc(Br)ccc1n2-c1ccc(OC)cc1. The van der Waals surface area contributed by atoms with Gasteiger partial charge in [0.2, 0.25) is 0 Å². The van der Waals surface area contributed by atoms with Gasteiger partial charge < -0.3 is 9.30 Å². The number of halogens is 1. The van der Waals surface area contributed by atoms with Gasteiger partial charge in [0, 0.05) is 26.5 Å². The number of hydrogen-bond acceptors (Lipinski definition) is 1. The number of hydrogen-bond donors (Lipinski definition) is 0. The molecule has 1 aromatic heterocycles. The van der Waals surface area contributed by atoms with E-state index in [0.717, 1.165) is 37.9 Å². The minimum absolute atomic E-state index is 0.844. The molecule has 116 valence electrons. The molecule has 0 radical (unpaired) electrons. The van der Waals surface area contributed by atoms with Crippen LogP contribution in [0.4, 0.5) is 0 Å². The molecule has 3 heteroatoms. The number of ether oxygens (including phenoxy) is 1. The highest BCUT2D eigenvalue weighted by Crippen LogP contribution is 2.34. The fourth-order valence-corrected chi connectivity index (χ4v) is 3.46. The topological polar surface area (TPSA) is 14.2 Å². The molecule has 0 atom stereocenters. The van der Waals surface area contributed by atoms with Crippen LogP contribution < -0.4 is 4.74 Å². The number of benzene rings is 3. The van der Waals surface area contributed by atoms with Gasteiger partial charge in [-0.3, -0.25) is 0 Å². The Balaban J connectivity index is 2.10. The summed E-state index contributed by atoms with van der Waals surface area (Å²) in [7, 11) is 1.67. The molecule has 3 aromatic carbocycles. The third-order valence-electron chi connectivity index (χ3n) is 4.22. The number of methoxy groups -OCH3 is 1. The van der Waals surface area contributed by atoms with Crippen LogP contribution >= 0.6 is 15.9 Å². The zero-order valence-corrected chi connectivity index (χ0v) is 14.7. The zero-order valence-electron chi connectivity index (χ0n) is 13.1. The number of aromatic nitrogens is 1. The van der Waals surface area contributed by atoms with Crippen molar-refractivity contribution in [2.24, 2.45) is 0 Å². The molecule has 0 spiro atoms. The summed E-state index contributed by atoms with van der Waals surface area (Å²) in [6, 6.07) is 20.5. The van der Waals surface area contributed by atoms with Crippen LogP contribution in [0.2, 0.25) is 0 Å². The van der Waals surface area contributed by atoms with E-state index in [0.29, 0.717) is 0 Å². The van der Waals surface area contributed by atoms with Gasteiger partial charge in [-0.1, -0.05) is 21.9 Å². The molecule has 0 saturated carbocycles. The quantitative estimate of drug-likeness (QED) is 0.419. The predicted octanol–water partition coefficient (Wildman–Crippen LogP) is 5.54. The van der Waals surface area contributed by atoms with Gasteiger partial charge in [-0.25, -0.2) is 0 Å². The standard InChI is InChI=1S/C21H14BrNO/c1-3-14-4-10-20-18(12-14)19-13-15(22)5-11-21(19)23(20)16-6-8-17(24-2)9-7-16/h1,4-13H,2H3. The molecule has 0 aliphatic rings. The smallest absolute Gasteiger partial charge is 0.119 e. The van der Waals surface area contributed by atoms with Crippen LogP contribution in [0.25, 0.3) is 27.5 Å². The van der Waals surface area contributed by atoms with Crippen LogP contribution in [0.1, 0.15) is 5.56 Å². The summed E-state index contributed by atoms with van der Waals surface area (Å²) in [6.07, 6.45) is 5.58. The fraction of sp³-hybridized carbons (Fsp3) is 0.0476. The molecule has 0 N–H and O–H groups in total. The summed E-state index contributed by atoms with van der Waals surface area (Å²) >= 11 is 3.57. The van der Waals surface area contributed by atoms with Crippen molar-refractivity contribution in [2.45, 2.75) is 0 Å². The van der Waals surface area contributed by atoms with E-state index in [2.05, 4.69) is 68.9 Å². The van der Waals surface area contributed by atoms with Gasteiger partial charge in [-0.05, 0) is 60.7 Å². The minimum atomic E-state index is 0.844. The van der Waals surface area contributed by atoms with E-state index >= 15 is 0 Å². The lowest BCUT2D eigenvalue weighted by molar-refractivity contribution is 0.415. The molecule has 0 amide bonds. The summed E-state index contributed by atoms with van der Waals surface area (Å²) in [5.74, 6) is 3.57. The first-order valence-electron chi connectivity index (χ1n) is 7.56. The van der Waals surface area contributed by atoms with Crippen molar-refractivity contribution < 1.29 is 4.74 Å². The number of rotatable bonds is 2. The summed E-state index contributed by atoms with van der Waals surface area (Å²) in [4.78, 5) is 0. The predicted molar refractivity (Wildman–Crippen MR) is 103 cm³/mol. The van der Waals surface area contributed by atoms with Gasteiger partial charge in [0.15, 0.2) is 0 Å². The highest BCUT2D eigenvalue weighted by Gasteiger charge is 2.13. The van der Waals surface area contributed by atoms with Crippen LogP contribution in [0.15, 0.2) is 65.1 Å². The molecule has 0 bridgehead atoms. The Morgan fingerprint density at radius 3 is 2.25 bits per heavy atom.